The zero-order valence-corrected chi connectivity index (χ0v) is 17.1. The largest absolute Gasteiger partial charge is 0.337 e. The summed E-state index contributed by atoms with van der Waals surface area (Å²) in [7, 11) is 0. The van der Waals surface area contributed by atoms with Gasteiger partial charge < -0.3 is 9.88 Å². The summed E-state index contributed by atoms with van der Waals surface area (Å²) in [4.78, 5) is 37.1. The smallest absolute Gasteiger partial charge is 0.256 e. The lowest BCUT2D eigenvalue weighted by atomic mass is 9.96. The molecular formula is C23H27FN4O2. The number of carbonyl (C=O) groups excluding carboxylic acids is 1. The summed E-state index contributed by atoms with van der Waals surface area (Å²) in [5.74, 6) is 1.06. The highest BCUT2D eigenvalue weighted by Gasteiger charge is 2.35. The van der Waals surface area contributed by atoms with Crippen LogP contribution in [-0.4, -0.2) is 45.3 Å². The van der Waals surface area contributed by atoms with Crippen molar-refractivity contribution in [1.82, 2.24) is 19.8 Å². The second-order valence-corrected chi connectivity index (χ2v) is 8.86. The Labute approximate surface area is 175 Å². The summed E-state index contributed by atoms with van der Waals surface area (Å²) < 4.78 is 13.5. The fraction of sp³-hybridized carbons (Fsp3) is 0.522. The van der Waals surface area contributed by atoms with Gasteiger partial charge in [-0.2, -0.15) is 0 Å². The van der Waals surface area contributed by atoms with Crippen LogP contribution >= 0.6 is 0 Å². The first-order chi connectivity index (χ1) is 14.6. The molecule has 3 aliphatic rings. The van der Waals surface area contributed by atoms with Crippen LogP contribution in [-0.2, 0) is 24.3 Å². The molecule has 0 bridgehead atoms. The fourth-order valence-electron chi connectivity index (χ4n) is 4.73. The number of hydrogen-bond donors (Lipinski definition) is 1. The summed E-state index contributed by atoms with van der Waals surface area (Å²) in [5, 5.41) is 0. The first kappa shape index (κ1) is 19.4. The monoisotopic (exact) mass is 410 g/mol. The fourth-order valence-corrected chi connectivity index (χ4v) is 4.73. The number of fused-ring (bicyclic) bond motifs is 1. The molecule has 158 valence electrons. The molecule has 1 aromatic heterocycles. The van der Waals surface area contributed by atoms with E-state index in [2.05, 4.69) is 9.88 Å². The molecule has 0 spiro atoms. The number of benzene rings is 1. The van der Waals surface area contributed by atoms with Crippen LogP contribution in [0.4, 0.5) is 4.39 Å². The van der Waals surface area contributed by atoms with Crippen molar-refractivity contribution in [3.05, 3.63) is 63.1 Å². The number of likely N-dealkylation sites (tertiary alicyclic amines) is 1. The average Bonchev–Trinajstić information content (AvgIpc) is 3.59. The lowest BCUT2D eigenvalue weighted by molar-refractivity contribution is -0.133. The number of halogens is 1. The molecule has 2 fully saturated rings. The SMILES string of the molecule is O=C(C1CC1)N1CCc2nc(C3CCCN(Cc4cccc(F)c4)C3)[nH]c(=O)c2C1. The van der Waals surface area contributed by atoms with Crippen LogP contribution in [0.15, 0.2) is 29.1 Å². The van der Waals surface area contributed by atoms with Crippen molar-refractivity contribution < 1.29 is 9.18 Å². The van der Waals surface area contributed by atoms with Gasteiger partial charge in [0, 0.05) is 37.9 Å². The first-order valence-electron chi connectivity index (χ1n) is 10.9. The third-order valence-electron chi connectivity index (χ3n) is 6.51. The number of aromatic nitrogens is 2. The predicted molar refractivity (Wildman–Crippen MR) is 110 cm³/mol. The van der Waals surface area contributed by atoms with Crippen LogP contribution < -0.4 is 5.56 Å². The minimum absolute atomic E-state index is 0.106. The lowest BCUT2D eigenvalue weighted by Gasteiger charge is -2.33. The molecule has 1 unspecified atom stereocenters. The van der Waals surface area contributed by atoms with Crippen LogP contribution in [0.1, 0.15) is 54.2 Å². The molecule has 2 aliphatic heterocycles. The zero-order valence-electron chi connectivity index (χ0n) is 17.1. The number of amides is 1. The van der Waals surface area contributed by atoms with Gasteiger partial charge >= 0.3 is 0 Å². The number of piperidine rings is 1. The molecule has 3 heterocycles. The highest BCUT2D eigenvalue weighted by molar-refractivity contribution is 5.81. The van der Waals surface area contributed by atoms with E-state index < -0.39 is 0 Å². The maximum absolute atomic E-state index is 13.5. The molecule has 1 saturated carbocycles. The van der Waals surface area contributed by atoms with Crippen LogP contribution in [0.25, 0.3) is 0 Å². The van der Waals surface area contributed by atoms with Crippen molar-refractivity contribution in [3.8, 4) is 0 Å². The van der Waals surface area contributed by atoms with E-state index in [1.807, 2.05) is 11.0 Å². The molecule has 30 heavy (non-hydrogen) atoms. The second kappa shape index (κ2) is 7.95. The van der Waals surface area contributed by atoms with Crippen LogP contribution in [0.2, 0.25) is 0 Å². The minimum atomic E-state index is -0.212. The summed E-state index contributed by atoms with van der Waals surface area (Å²) >= 11 is 0. The summed E-state index contributed by atoms with van der Waals surface area (Å²) in [5.41, 5.74) is 2.34. The van der Waals surface area contributed by atoms with Gasteiger partial charge in [-0.05, 0) is 49.9 Å². The molecule has 1 amide bonds. The van der Waals surface area contributed by atoms with Crippen molar-refractivity contribution in [2.24, 2.45) is 5.92 Å². The maximum atomic E-state index is 13.5. The van der Waals surface area contributed by atoms with Crippen molar-refractivity contribution >= 4 is 5.91 Å². The average molecular weight is 410 g/mol. The first-order valence-corrected chi connectivity index (χ1v) is 10.9. The molecule has 1 saturated heterocycles. The topological polar surface area (TPSA) is 69.3 Å². The van der Waals surface area contributed by atoms with E-state index >= 15 is 0 Å². The van der Waals surface area contributed by atoms with Crippen molar-refractivity contribution in [2.45, 2.75) is 51.1 Å². The van der Waals surface area contributed by atoms with Crippen molar-refractivity contribution in [1.29, 1.82) is 0 Å². The lowest BCUT2D eigenvalue weighted by Crippen LogP contribution is -2.41. The molecule has 6 nitrogen and oxygen atoms in total. The van der Waals surface area contributed by atoms with Gasteiger partial charge in [-0.15, -0.1) is 0 Å². The molecule has 5 rings (SSSR count). The Morgan fingerprint density at radius 1 is 1.23 bits per heavy atom. The van der Waals surface area contributed by atoms with Gasteiger partial charge in [-0.3, -0.25) is 14.5 Å². The van der Waals surface area contributed by atoms with E-state index in [4.69, 9.17) is 4.98 Å². The number of rotatable bonds is 4. The van der Waals surface area contributed by atoms with Gasteiger partial charge in [0.1, 0.15) is 11.6 Å². The van der Waals surface area contributed by atoms with Gasteiger partial charge in [0.2, 0.25) is 5.91 Å². The highest BCUT2D eigenvalue weighted by atomic mass is 19.1. The Morgan fingerprint density at radius 2 is 2.10 bits per heavy atom. The van der Waals surface area contributed by atoms with E-state index in [9.17, 15) is 14.0 Å². The number of carbonyl (C=O) groups is 1. The molecule has 1 N–H and O–H groups in total. The van der Waals surface area contributed by atoms with E-state index in [-0.39, 0.29) is 29.1 Å². The number of nitrogens with zero attached hydrogens (tertiary/aromatic N) is 3. The summed E-state index contributed by atoms with van der Waals surface area (Å²) in [6.07, 6.45) is 4.59. The van der Waals surface area contributed by atoms with E-state index in [1.54, 1.807) is 12.1 Å². The molecule has 1 aliphatic carbocycles. The highest BCUT2D eigenvalue weighted by Crippen LogP contribution is 2.32. The third kappa shape index (κ3) is 4.03. The standard InChI is InChI=1S/C23H27FN4O2/c24-18-5-1-3-15(11-18)12-27-9-2-4-17(13-27)21-25-20-8-10-28(23(30)16-6-7-16)14-19(20)22(29)26-21/h1,3,5,11,16-17H,2,4,6-10,12-14H2,(H,25,26,29). The number of hydrogen-bond acceptors (Lipinski definition) is 4. The van der Waals surface area contributed by atoms with E-state index in [0.717, 1.165) is 55.9 Å². The molecule has 2 aromatic rings. The maximum Gasteiger partial charge on any atom is 0.256 e. The molecular weight excluding hydrogens is 383 g/mol. The number of aromatic amines is 1. The molecule has 0 radical (unpaired) electrons. The van der Waals surface area contributed by atoms with Gasteiger partial charge in [0.05, 0.1) is 17.8 Å². The number of nitrogens with one attached hydrogen (secondary N) is 1. The summed E-state index contributed by atoms with van der Waals surface area (Å²) in [6.45, 7) is 3.48. The van der Waals surface area contributed by atoms with Gasteiger partial charge in [0.15, 0.2) is 0 Å². The predicted octanol–water partition coefficient (Wildman–Crippen LogP) is 2.58. The normalized spacial score (nSPS) is 22.0. The Kier molecular flexibility index (Phi) is 5.15. The van der Waals surface area contributed by atoms with Crippen molar-refractivity contribution in [2.75, 3.05) is 19.6 Å². The van der Waals surface area contributed by atoms with Crippen LogP contribution in [0.5, 0.6) is 0 Å². The Bertz CT molecular complexity index is 1020. The number of H-pyrrole nitrogens is 1. The zero-order chi connectivity index (χ0) is 20.7. The summed E-state index contributed by atoms with van der Waals surface area (Å²) in [6, 6.07) is 6.73. The van der Waals surface area contributed by atoms with Crippen molar-refractivity contribution in [3.63, 3.8) is 0 Å². The van der Waals surface area contributed by atoms with Crippen LogP contribution in [0.3, 0.4) is 0 Å². The van der Waals surface area contributed by atoms with Gasteiger partial charge in [0.25, 0.3) is 5.56 Å². The van der Waals surface area contributed by atoms with E-state index in [0.29, 0.717) is 31.6 Å². The molecule has 1 atom stereocenters. The minimum Gasteiger partial charge on any atom is -0.337 e. The van der Waals surface area contributed by atoms with Gasteiger partial charge in [-0.25, -0.2) is 9.37 Å². The Balaban J connectivity index is 1.30. The van der Waals surface area contributed by atoms with E-state index in [1.165, 1.54) is 6.07 Å². The Morgan fingerprint density at radius 3 is 2.90 bits per heavy atom. The second-order valence-electron chi connectivity index (χ2n) is 8.86. The van der Waals surface area contributed by atoms with Gasteiger partial charge in [-0.1, -0.05) is 12.1 Å². The molecule has 7 heteroatoms. The molecule has 1 aromatic carbocycles. The Hall–Kier alpha value is -2.54. The quantitative estimate of drug-likeness (QED) is 0.841. The third-order valence-corrected chi connectivity index (χ3v) is 6.51. The van der Waals surface area contributed by atoms with Crippen LogP contribution in [0, 0.1) is 11.7 Å².